The molecular weight excluding hydrogens is 270 g/mol. The van der Waals surface area contributed by atoms with Gasteiger partial charge in [-0.3, -0.25) is 14.3 Å². The van der Waals surface area contributed by atoms with Crippen LogP contribution in [0.5, 0.6) is 0 Å². The van der Waals surface area contributed by atoms with E-state index in [1.165, 1.54) is 0 Å². The molecule has 6 heteroatoms. The Hall–Kier alpha value is -1.85. The molecule has 0 aromatic carbocycles. The monoisotopic (exact) mass is 295 g/mol. The van der Waals surface area contributed by atoms with Crippen LogP contribution < -0.4 is 0 Å². The van der Waals surface area contributed by atoms with Gasteiger partial charge in [0.1, 0.15) is 0 Å². The van der Waals surface area contributed by atoms with Crippen molar-refractivity contribution < 1.29 is 14.7 Å². The molecule has 1 N–H and O–H groups in total. The summed E-state index contributed by atoms with van der Waals surface area (Å²) in [6.45, 7) is 11.9. The van der Waals surface area contributed by atoms with Gasteiger partial charge in [-0.15, -0.1) is 0 Å². The van der Waals surface area contributed by atoms with Gasteiger partial charge in [0.05, 0.1) is 23.7 Å². The summed E-state index contributed by atoms with van der Waals surface area (Å²) >= 11 is 0. The van der Waals surface area contributed by atoms with Crippen molar-refractivity contribution in [3.05, 3.63) is 17.5 Å². The molecule has 0 radical (unpaired) electrons. The lowest BCUT2D eigenvalue weighted by atomic mass is 10.1. The Morgan fingerprint density at radius 3 is 2.33 bits per heavy atom. The molecule has 21 heavy (non-hydrogen) atoms. The minimum absolute atomic E-state index is 0.0592. The van der Waals surface area contributed by atoms with Crippen LogP contribution in [0.3, 0.4) is 0 Å². The average Bonchev–Trinajstić information content (AvgIpc) is 2.69. The third kappa shape index (κ3) is 4.06. The number of amides is 1. The first kappa shape index (κ1) is 17.2. The lowest BCUT2D eigenvalue weighted by molar-refractivity contribution is -0.137. The van der Waals surface area contributed by atoms with Crippen molar-refractivity contribution in [2.45, 2.75) is 59.5 Å². The van der Waals surface area contributed by atoms with Crippen LogP contribution in [0.1, 0.15) is 57.1 Å². The van der Waals surface area contributed by atoms with E-state index in [4.69, 9.17) is 5.11 Å². The average molecular weight is 295 g/mol. The number of carboxylic acid groups (broad SMARTS) is 1. The molecule has 0 atom stereocenters. The summed E-state index contributed by atoms with van der Waals surface area (Å²) in [5.74, 6) is -1.07. The third-order valence-corrected chi connectivity index (χ3v) is 3.33. The van der Waals surface area contributed by atoms with Crippen molar-refractivity contribution in [1.82, 2.24) is 14.7 Å². The molecule has 1 rings (SSSR count). The number of carbonyl (C=O) groups is 2. The molecule has 0 unspecified atom stereocenters. The van der Waals surface area contributed by atoms with Crippen molar-refractivity contribution in [3.63, 3.8) is 0 Å². The van der Waals surface area contributed by atoms with Crippen molar-refractivity contribution in [1.29, 1.82) is 0 Å². The van der Waals surface area contributed by atoms with Gasteiger partial charge >= 0.3 is 5.97 Å². The van der Waals surface area contributed by atoms with Gasteiger partial charge in [-0.25, -0.2) is 0 Å². The quantitative estimate of drug-likeness (QED) is 0.904. The maximum absolute atomic E-state index is 12.6. The molecule has 118 valence electrons. The molecular formula is C15H25N3O3. The van der Waals surface area contributed by atoms with Crippen LogP contribution in [-0.2, 0) is 10.3 Å². The molecule has 0 spiro atoms. The molecule has 0 bridgehead atoms. The number of nitrogens with zero attached hydrogens (tertiary/aromatic N) is 3. The second kappa shape index (κ2) is 6.28. The highest BCUT2D eigenvalue weighted by Gasteiger charge is 2.26. The summed E-state index contributed by atoms with van der Waals surface area (Å²) in [6.07, 6.45) is 1.51. The van der Waals surface area contributed by atoms with Crippen molar-refractivity contribution >= 4 is 11.9 Å². The first-order valence-corrected chi connectivity index (χ1v) is 7.13. The van der Waals surface area contributed by atoms with Crippen LogP contribution >= 0.6 is 0 Å². The van der Waals surface area contributed by atoms with Crippen LogP contribution in [0.25, 0.3) is 0 Å². The van der Waals surface area contributed by atoms with Gasteiger partial charge in [0.15, 0.2) is 0 Å². The molecule has 1 heterocycles. The van der Waals surface area contributed by atoms with E-state index < -0.39 is 5.97 Å². The van der Waals surface area contributed by atoms with Crippen LogP contribution in [0.4, 0.5) is 0 Å². The van der Waals surface area contributed by atoms with E-state index in [9.17, 15) is 9.59 Å². The predicted octanol–water partition coefficient (Wildman–Crippen LogP) is 2.27. The summed E-state index contributed by atoms with van der Waals surface area (Å²) in [4.78, 5) is 24.9. The van der Waals surface area contributed by atoms with E-state index in [-0.39, 0.29) is 30.5 Å². The Labute approximate surface area is 125 Å². The van der Waals surface area contributed by atoms with E-state index in [2.05, 4.69) is 5.10 Å². The molecule has 0 fully saturated rings. The molecule has 0 saturated heterocycles. The van der Waals surface area contributed by atoms with Crippen molar-refractivity contribution in [2.24, 2.45) is 0 Å². The minimum atomic E-state index is -0.907. The molecule has 1 aromatic heterocycles. The second-order valence-corrected chi connectivity index (χ2v) is 6.46. The summed E-state index contributed by atoms with van der Waals surface area (Å²) < 4.78 is 1.82. The molecule has 0 saturated carbocycles. The molecule has 6 nitrogen and oxygen atoms in total. The Morgan fingerprint density at radius 1 is 1.38 bits per heavy atom. The number of aromatic nitrogens is 2. The SMILES string of the molecule is Cc1c(C(=O)N(CCC(=O)O)C(C)C)cnn1C(C)(C)C. The highest BCUT2D eigenvalue weighted by Crippen LogP contribution is 2.20. The Bertz CT molecular complexity index is 527. The number of aliphatic carboxylic acids is 1. The first-order chi connectivity index (χ1) is 9.55. The fourth-order valence-corrected chi connectivity index (χ4v) is 2.26. The van der Waals surface area contributed by atoms with Gasteiger partial charge in [-0.05, 0) is 41.5 Å². The molecule has 1 aromatic rings. The topological polar surface area (TPSA) is 75.4 Å². The van der Waals surface area contributed by atoms with Crippen LogP contribution in [-0.4, -0.2) is 44.3 Å². The summed E-state index contributed by atoms with van der Waals surface area (Å²) in [7, 11) is 0. The normalized spacial score (nSPS) is 11.8. The zero-order chi connectivity index (χ0) is 16.4. The van der Waals surface area contributed by atoms with E-state index in [1.54, 1.807) is 11.1 Å². The number of hydrogen-bond donors (Lipinski definition) is 1. The van der Waals surface area contributed by atoms with Crippen LogP contribution in [0.2, 0.25) is 0 Å². The largest absolute Gasteiger partial charge is 0.481 e. The Balaban J connectivity index is 3.05. The van der Waals surface area contributed by atoms with Crippen molar-refractivity contribution in [2.75, 3.05) is 6.54 Å². The van der Waals surface area contributed by atoms with E-state index in [0.717, 1.165) is 5.69 Å². The lowest BCUT2D eigenvalue weighted by Crippen LogP contribution is -2.38. The van der Waals surface area contributed by atoms with Gasteiger partial charge in [0.25, 0.3) is 5.91 Å². The minimum Gasteiger partial charge on any atom is -0.481 e. The smallest absolute Gasteiger partial charge is 0.305 e. The summed E-state index contributed by atoms with van der Waals surface area (Å²) in [5, 5.41) is 13.1. The fraction of sp³-hybridized carbons (Fsp3) is 0.667. The van der Waals surface area contributed by atoms with Crippen LogP contribution in [0, 0.1) is 6.92 Å². The van der Waals surface area contributed by atoms with Crippen molar-refractivity contribution in [3.8, 4) is 0 Å². The fourth-order valence-electron chi connectivity index (χ4n) is 2.26. The second-order valence-electron chi connectivity index (χ2n) is 6.46. The number of carboxylic acids is 1. The van der Waals surface area contributed by atoms with E-state index in [1.807, 2.05) is 46.2 Å². The zero-order valence-corrected chi connectivity index (χ0v) is 13.7. The summed E-state index contributed by atoms with van der Waals surface area (Å²) in [6, 6.07) is -0.0609. The molecule has 0 aliphatic heterocycles. The third-order valence-electron chi connectivity index (χ3n) is 3.33. The molecule has 0 aliphatic rings. The highest BCUT2D eigenvalue weighted by atomic mass is 16.4. The maximum Gasteiger partial charge on any atom is 0.305 e. The lowest BCUT2D eigenvalue weighted by Gasteiger charge is -2.26. The standard InChI is InChI=1S/C15H25N3O3/c1-10(2)17(8-7-13(19)20)14(21)12-9-16-18(11(12)3)15(4,5)6/h9-10H,7-8H2,1-6H3,(H,19,20). The zero-order valence-electron chi connectivity index (χ0n) is 13.7. The number of carbonyl (C=O) groups excluding carboxylic acids is 1. The highest BCUT2D eigenvalue weighted by molar-refractivity contribution is 5.95. The Morgan fingerprint density at radius 2 is 1.95 bits per heavy atom. The van der Waals surface area contributed by atoms with Gasteiger partial charge in [0, 0.05) is 18.3 Å². The first-order valence-electron chi connectivity index (χ1n) is 7.13. The number of hydrogen-bond acceptors (Lipinski definition) is 3. The van der Waals surface area contributed by atoms with Gasteiger partial charge in [0.2, 0.25) is 0 Å². The van der Waals surface area contributed by atoms with Gasteiger partial charge < -0.3 is 10.0 Å². The van der Waals surface area contributed by atoms with E-state index in [0.29, 0.717) is 5.56 Å². The maximum atomic E-state index is 12.6. The summed E-state index contributed by atoms with van der Waals surface area (Å²) in [5.41, 5.74) is 1.13. The van der Waals surface area contributed by atoms with E-state index >= 15 is 0 Å². The molecule has 1 amide bonds. The predicted molar refractivity (Wildman–Crippen MR) is 80.4 cm³/mol. The molecule has 0 aliphatic carbocycles. The van der Waals surface area contributed by atoms with Gasteiger partial charge in [-0.2, -0.15) is 5.10 Å². The van der Waals surface area contributed by atoms with Crippen LogP contribution in [0.15, 0.2) is 6.20 Å². The van der Waals surface area contributed by atoms with Gasteiger partial charge in [-0.1, -0.05) is 0 Å². The number of rotatable bonds is 5. The Kier molecular flexibility index (Phi) is 5.15.